The first-order chi connectivity index (χ1) is 9.74. The molecule has 0 aliphatic heterocycles. The Hall–Kier alpha value is -1.43. The number of thiophene rings is 1. The SMILES string of the molecule is Cl.NC1(c2noc(Cc3csc4ccccc34)n2)CCC1. The molecule has 0 bridgehead atoms. The average molecular weight is 322 g/mol. The van der Waals surface area contributed by atoms with Crippen molar-refractivity contribution in [1.82, 2.24) is 10.1 Å². The summed E-state index contributed by atoms with van der Waals surface area (Å²) in [5.74, 6) is 1.32. The summed E-state index contributed by atoms with van der Waals surface area (Å²) in [4.78, 5) is 4.49. The van der Waals surface area contributed by atoms with Gasteiger partial charge >= 0.3 is 0 Å². The highest BCUT2D eigenvalue weighted by atomic mass is 35.5. The van der Waals surface area contributed by atoms with Crippen LogP contribution in [0.2, 0.25) is 0 Å². The lowest BCUT2D eigenvalue weighted by molar-refractivity contribution is 0.229. The summed E-state index contributed by atoms with van der Waals surface area (Å²) in [5, 5.41) is 7.49. The van der Waals surface area contributed by atoms with Crippen LogP contribution in [-0.2, 0) is 12.0 Å². The van der Waals surface area contributed by atoms with Gasteiger partial charge in [0, 0.05) is 4.70 Å². The summed E-state index contributed by atoms with van der Waals surface area (Å²) in [7, 11) is 0. The molecule has 4 nitrogen and oxygen atoms in total. The number of rotatable bonds is 3. The molecule has 0 spiro atoms. The fourth-order valence-electron chi connectivity index (χ4n) is 2.64. The zero-order valence-corrected chi connectivity index (χ0v) is 13.0. The van der Waals surface area contributed by atoms with Gasteiger partial charge in [-0.25, -0.2) is 0 Å². The number of benzene rings is 1. The Balaban J connectivity index is 0.00000132. The van der Waals surface area contributed by atoms with Crippen LogP contribution < -0.4 is 5.73 Å². The highest BCUT2D eigenvalue weighted by Crippen LogP contribution is 2.37. The summed E-state index contributed by atoms with van der Waals surface area (Å²) in [6, 6.07) is 8.38. The second kappa shape index (κ2) is 5.40. The molecule has 2 heterocycles. The maximum Gasteiger partial charge on any atom is 0.231 e. The molecule has 1 aliphatic rings. The second-order valence-corrected chi connectivity index (χ2v) is 6.37. The van der Waals surface area contributed by atoms with Gasteiger partial charge in [-0.2, -0.15) is 4.98 Å². The maximum absolute atomic E-state index is 6.22. The summed E-state index contributed by atoms with van der Waals surface area (Å²) >= 11 is 1.75. The molecule has 3 aromatic rings. The highest BCUT2D eigenvalue weighted by molar-refractivity contribution is 7.17. The zero-order chi connectivity index (χ0) is 13.6. The van der Waals surface area contributed by atoms with Crippen molar-refractivity contribution in [1.29, 1.82) is 0 Å². The molecule has 0 unspecified atom stereocenters. The summed E-state index contributed by atoms with van der Waals surface area (Å²) in [5.41, 5.74) is 7.11. The molecule has 1 fully saturated rings. The normalized spacial score (nSPS) is 16.4. The minimum absolute atomic E-state index is 0. The van der Waals surface area contributed by atoms with Gasteiger partial charge in [0.15, 0.2) is 5.82 Å². The van der Waals surface area contributed by atoms with Crippen molar-refractivity contribution in [3.63, 3.8) is 0 Å². The Kier molecular flexibility index (Phi) is 3.73. The van der Waals surface area contributed by atoms with E-state index < -0.39 is 0 Å². The largest absolute Gasteiger partial charge is 0.339 e. The molecule has 1 saturated carbocycles. The van der Waals surface area contributed by atoms with Crippen LogP contribution in [0.3, 0.4) is 0 Å². The van der Waals surface area contributed by atoms with E-state index in [1.54, 1.807) is 11.3 Å². The van der Waals surface area contributed by atoms with Crippen molar-refractivity contribution in [2.24, 2.45) is 5.73 Å². The molecular weight excluding hydrogens is 306 g/mol. The number of nitrogens with two attached hydrogens (primary N) is 1. The van der Waals surface area contributed by atoms with E-state index in [9.17, 15) is 0 Å². The third-order valence-electron chi connectivity index (χ3n) is 4.06. The average Bonchev–Trinajstić information content (AvgIpc) is 3.05. The van der Waals surface area contributed by atoms with Crippen molar-refractivity contribution >= 4 is 33.8 Å². The van der Waals surface area contributed by atoms with Gasteiger partial charge < -0.3 is 10.3 Å². The number of aromatic nitrogens is 2. The van der Waals surface area contributed by atoms with Crippen LogP contribution in [0.15, 0.2) is 34.2 Å². The molecule has 6 heteroatoms. The van der Waals surface area contributed by atoms with E-state index in [4.69, 9.17) is 10.3 Å². The van der Waals surface area contributed by atoms with E-state index in [0.717, 1.165) is 19.3 Å². The van der Waals surface area contributed by atoms with Crippen LogP contribution in [0.5, 0.6) is 0 Å². The third-order valence-corrected chi connectivity index (χ3v) is 5.07. The first-order valence-corrected chi connectivity index (χ1v) is 7.70. The van der Waals surface area contributed by atoms with Crippen LogP contribution in [0.1, 0.15) is 36.5 Å². The van der Waals surface area contributed by atoms with E-state index in [-0.39, 0.29) is 17.9 Å². The number of hydrogen-bond donors (Lipinski definition) is 1. The van der Waals surface area contributed by atoms with Gasteiger partial charge in [-0.3, -0.25) is 0 Å². The zero-order valence-electron chi connectivity index (χ0n) is 11.4. The van der Waals surface area contributed by atoms with Crippen LogP contribution in [0.4, 0.5) is 0 Å². The van der Waals surface area contributed by atoms with Crippen molar-refractivity contribution in [3.05, 3.63) is 46.9 Å². The van der Waals surface area contributed by atoms with Gasteiger partial charge in [-0.15, -0.1) is 23.7 Å². The standard InChI is InChI=1S/C15H15N3OS.ClH/c16-15(6-3-7-15)14-17-13(19-18-14)8-10-9-20-12-5-2-1-4-11(10)12;/h1-2,4-5,9H,3,6-8,16H2;1H. The van der Waals surface area contributed by atoms with Gasteiger partial charge in [-0.05, 0) is 41.7 Å². The predicted molar refractivity (Wildman–Crippen MR) is 85.9 cm³/mol. The van der Waals surface area contributed by atoms with Crippen molar-refractivity contribution in [2.75, 3.05) is 0 Å². The number of fused-ring (bicyclic) bond motifs is 1. The molecule has 4 rings (SSSR count). The maximum atomic E-state index is 6.22. The molecule has 110 valence electrons. The van der Waals surface area contributed by atoms with Crippen LogP contribution in [0, 0.1) is 0 Å². The molecule has 0 radical (unpaired) electrons. The molecular formula is C15H16ClN3OS. The molecule has 0 saturated heterocycles. The van der Waals surface area contributed by atoms with Crippen LogP contribution >= 0.6 is 23.7 Å². The van der Waals surface area contributed by atoms with E-state index in [2.05, 4.69) is 39.8 Å². The van der Waals surface area contributed by atoms with Gasteiger partial charge in [0.25, 0.3) is 0 Å². The highest BCUT2D eigenvalue weighted by Gasteiger charge is 2.38. The minimum atomic E-state index is -0.349. The first kappa shape index (κ1) is 14.5. The van der Waals surface area contributed by atoms with E-state index in [0.29, 0.717) is 18.1 Å². The molecule has 0 amide bonds. The summed E-state index contributed by atoms with van der Waals surface area (Å²) in [6.45, 7) is 0. The lowest BCUT2D eigenvalue weighted by atomic mass is 9.77. The second-order valence-electron chi connectivity index (χ2n) is 5.46. The molecule has 21 heavy (non-hydrogen) atoms. The van der Waals surface area contributed by atoms with E-state index in [1.807, 2.05) is 0 Å². The Bertz CT molecular complexity index is 763. The molecule has 1 aliphatic carbocycles. The Morgan fingerprint density at radius 1 is 1.29 bits per heavy atom. The summed E-state index contributed by atoms with van der Waals surface area (Å²) < 4.78 is 6.66. The monoisotopic (exact) mass is 321 g/mol. The lowest BCUT2D eigenvalue weighted by Crippen LogP contribution is -2.44. The van der Waals surface area contributed by atoms with Crippen LogP contribution in [0.25, 0.3) is 10.1 Å². The Morgan fingerprint density at radius 3 is 2.86 bits per heavy atom. The van der Waals surface area contributed by atoms with Crippen molar-refractivity contribution in [2.45, 2.75) is 31.2 Å². The third kappa shape index (κ3) is 2.46. The van der Waals surface area contributed by atoms with Gasteiger partial charge in [0.2, 0.25) is 5.89 Å². The van der Waals surface area contributed by atoms with Crippen molar-refractivity contribution in [3.8, 4) is 0 Å². The van der Waals surface area contributed by atoms with Gasteiger partial charge in [-0.1, -0.05) is 23.4 Å². The Labute approximate surface area is 132 Å². The van der Waals surface area contributed by atoms with Crippen LogP contribution in [-0.4, -0.2) is 10.1 Å². The van der Waals surface area contributed by atoms with Crippen molar-refractivity contribution < 1.29 is 4.52 Å². The van der Waals surface area contributed by atoms with Gasteiger partial charge in [0.1, 0.15) is 0 Å². The first-order valence-electron chi connectivity index (χ1n) is 6.82. The number of halogens is 1. The summed E-state index contributed by atoms with van der Waals surface area (Å²) in [6.07, 6.45) is 3.73. The lowest BCUT2D eigenvalue weighted by Gasteiger charge is -2.34. The fourth-order valence-corrected chi connectivity index (χ4v) is 3.61. The minimum Gasteiger partial charge on any atom is -0.339 e. The smallest absolute Gasteiger partial charge is 0.231 e. The topological polar surface area (TPSA) is 64.9 Å². The molecule has 2 N–H and O–H groups in total. The Morgan fingerprint density at radius 2 is 2.10 bits per heavy atom. The molecule has 1 aromatic carbocycles. The molecule has 2 aromatic heterocycles. The van der Waals surface area contributed by atoms with E-state index >= 15 is 0 Å². The molecule has 0 atom stereocenters. The predicted octanol–water partition coefficient (Wildman–Crippen LogP) is 3.63. The van der Waals surface area contributed by atoms with E-state index in [1.165, 1.54) is 15.6 Å². The number of hydrogen-bond acceptors (Lipinski definition) is 5. The number of nitrogens with zero attached hydrogens (tertiary/aromatic N) is 2. The van der Waals surface area contributed by atoms with Gasteiger partial charge in [0.05, 0.1) is 12.0 Å². The quantitative estimate of drug-likeness (QED) is 0.800. The fraction of sp³-hybridized carbons (Fsp3) is 0.333.